The second-order valence-corrected chi connectivity index (χ2v) is 2.02. The van der Waals surface area contributed by atoms with Crippen LogP contribution in [0.2, 0.25) is 0 Å². The molecule has 0 heterocycles. The van der Waals surface area contributed by atoms with E-state index in [9.17, 15) is 4.79 Å². The number of carbonyl (C=O) groups is 1. The van der Waals surface area contributed by atoms with Crippen LogP contribution in [-0.2, 0) is 4.79 Å². The molecule has 1 atom stereocenters. The van der Waals surface area contributed by atoms with Gasteiger partial charge in [0.25, 0.3) is 0 Å². The molecular weight excluding hydrogens is 104 g/mol. The van der Waals surface area contributed by atoms with Crippen molar-refractivity contribution in [1.82, 2.24) is 0 Å². The molecule has 0 amide bonds. The standard InChI is InChI=1S/C6H12O2/c1-6(2-4-7)3-5-8/h4,6,8H,2-3,5H2,1H3. The molecule has 0 spiro atoms. The van der Waals surface area contributed by atoms with Crippen molar-refractivity contribution in [3.05, 3.63) is 0 Å². The molecule has 2 nitrogen and oxygen atoms in total. The average molecular weight is 116 g/mol. The van der Waals surface area contributed by atoms with E-state index in [1.165, 1.54) is 0 Å². The highest BCUT2D eigenvalue weighted by Crippen LogP contribution is 2.02. The first-order valence-corrected chi connectivity index (χ1v) is 2.85. The van der Waals surface area contributed by atoms with Gasteiger partial charge in [-0.05, 0) is 12.3 Å². The fraction of sp³-hybridized carbons (Fsp3) is 0.833. The maximum atomic E-state index is 9.81. The summed E-state index contributed by atoms with van der Waals surface area (Å²) in [5, 5.41) is 8.35. The quantitative estimate of drug-likeness (QED) is 0.546. The topological polar surface area (TPSA) is 37.3 Å². The number of hydrogen-bond acceptors (Lipinski definition) is 2. The van der Waals surface area contributed by atoms with Gasteiger partial charge in [-0.1, -0.05) is 6.92 Å². The summed E-state index contributed by atoms with van der Waals surface area (Å²) in [7, 11) is 0. The summed E-state index contributed by atoms with van der Waals surface area (Å²) in [6.07, 6.45) is 2.19. The molecule has 0 radical (unpaired) electrons. The van der Waals surface area contributed by atoms with Crippen molar-refractivity contribution in [3.8, 4) is 0 Å². The maximum Gasteiger partial charge on any atom is 0.120 e. The van der Waals surface area contributed by atoms with Crippen LogP contribution in [0.15, 0.2) is 0 Å². The van der Waals surface area contributed by atoms with Gasteiger partial charge in [-0.3, -0.25) is 0 Å². The van der Waals surface area contributed by atoms with Gasteiger partial charge in [-0.25, -0.2) is 0 Å². The van der Waals surface area contributed by atoms with Crippen molar-refractivity contribution in [2.24, 2.45) is 5.92 Å². The van der Waals surface area contributed by atoms with Crippen LogP contribution in [0, 0.1) is 5.92 Å². The first kappa shape index (κ1) is 7.63. The molecule has 0 aliphatic rings. The van der Waals surface area contributed by atoms with Crippen LogP contribution in [-0.4, -0.2) is 18.0 Å². The van der Waals surface area contributed by atoms with Crippen molar-refractivity contribution in [3.63, 3.8) is 0 Å². The van der Waals surface area contributed by atoms with E-state index in [0.717, 1.165) is 12.7 Å². The summed E-state index contributed by atoms with van der Waals surface area (Å²) in [4.78, 5) is 9.81. The smallest absolute Gasteiger partial charge is 0.120 e. The van der Waals surface area contributed by atoms with E-state index in [1.807, 2.05) is 6.92 Å². The van der Waals surface area contributed by atoms with Gasteiger partial charge in [-0.15, -0.1) is 0 Å². The Morgan fingerprint density at radius 3 is 2.75 bits per heavy atom. The van der Waals surface area contributed by atoms with Crippen LogP contribution < -0.4 is 0 Å². The van der Waals surface area contributed by atoms with Gasteiger partial charge in [-0.2, -0.15) is 0 Å². The minimum atomic E-state index is 0.189. The third-order valence-corrected chi connectivity index (χ3v) is 1.12. The van der Waals surface area contributed by atoms with E-state index in [4.69, 9.17) is 5.11 Å². The summed E-state index contributed by atoms with van der Waals surface area (Å²) < 4.78 is 0. The molecule has 0 aromatic heterocycles. The minimum Gasteiger partial charge on any atom is -0.396 e. The molecule has 0 saturated heterocycles. The molecule has 0 aliphatic heterocycles. The fourth-order valence-electron chi connectivity index (χ4n) is 0.503. The molecular formula is C6H12O2. The number of rotatable bonds is 4. The van der Waals surface area contributed by atoms with E-state index in [0.29, 0.717) is 12.3 Å². The Bertz CT molecular complexity index is 61.5. The van der Waals surface area contributed by atoms with Crippen LogP contribution in [0.1, 0.15) is 19.8 Å². The van der Waals surface area contributed by atoms with Gasteiger partial charge >= 0.3 is 0 Å². The Morgan fingerprint density at radius 2 is 2.38 bits per heavy atom. The zero-order chi connectivity index (χ0) is 6.41. The molecule has 0 aromatic carbocycles. The van der Waals surface area contributed by atoms with Crippen LogP contribution in [0.4, 0.5) is 0 Å². The Hall–Kier alpha value is -0.370. The number of aldehydes is 1. The maximum absolute atomic E-state index is 9.81. The average Bonchev–Trinajstić information content (AvgIpc) is 1.68. The molecule has 0 aromatic rings. The molecule has 0 aliphatic carbocycles. The molecule has 2 heteroatoms. The first-order chi connectivity index (χ1) is 3.81. The number of carbonyl (C=O) groups excluding carboxylic acids is 1. The molecule has 0 saturated carbocycles. The number of hydrogen-bond donors (Lipinski definition) is 1. The summed E-state index contributed by atoms with van der Waals surface area (Å²) in [6, 6.07) is 0. The molecule has 0 fully saturated rings. The number of aliphatic hydroxyl groups is 1. The summed E-state index contributed by atoms with van der Waals surface area (Å²) in [6.45, 7) is 2.14. The third kappa shape index (κ3) is 3.81. The summed E-state index contributed by atoms with van der Waals surface area (Å²) >= 11 is 0. The van der Waals surface area contributed by atoms with Crippen molar-refractivity contribution in [2.75, 3.05) is 6.61 Å². The third-order valence-electron chi connectivity index (χ3n) is 1.12. The van der Waals surface area contributed by atoms with Crippen molar-refractivity contribution in [2.45, 2.75) is 19.8 Å². The van der Waals surface area contributed by atoms with E-state index < -0.39 is 0 Å². The van der Waals surface area contributed by atoms with Crippen LogP contribution in [0.25, 0.3) is 0 Å². The normalized spacial score (nSPS) is 13.2. The molecule has 0 bridgehead atoms. The highest BCUT2D eigenvalue weighted by Gasteiger charge is 1.97. The van der Waals surface area contributed by atoms with Gasteiger partial charge < -0.3 is 9.90 Å². The van der Waals surface area contributed by atoms with Crippen LogP contribution in [0.5, 0.6) is 0 Å². The largest absolute Gasteiger partial charge is 0.396 e. The predicted octanol–water partition coefficient (Wildman–Crippen LogP) is 0.594. The van der Waals surface area contributed by atoms with Gasteiger partial charge in [0.1, 0.15) is 6.29 Å². The molecule has 8 heavy (non-hydrogen) atoms. The van der Waals surface area contributed by atoms with Gasteiger partial charge in [0.05, 0.1) is 0 Å². The van der Waals surface area contributed by atoms with Gasteiger partial charge in [0.15, 0.2) is 0 Å². The van der Waals surface area contributed by atoms with Crippen molar-refractivity contribution >= 4 is 6.29 Å². The molecule has 1 N–H and O–H groups in total. The lowest BCUT2D eigenvalue weighted by Crippen LogP contribution is -1.97. The molecule has 0 rings (SSSR count). The minimum absolute atomic E-state index is 0.189. The Kier molecular flexibility index (Phi) is 4.56. The summed E-state index contributed by atoms with van der Waals surface area (Å²) in [5.41, 5.74) is 0. The Balaban J connectivity index is 3.03. The highest BCUT2D eigenvalue weighted by atomic mass is 16.3. The zero-order valence-corrected chi connectivity index (χ0v) is 5.13. The molecule has 1 unspecified atom stereocenters. The predicted molar refractivity (Wildman–Crippen MR) is 31.5 cm³/mol. The van der Waals surface area contributed by atoms with Crippen molar-refractivity contribution < 1.29 is 9.90 Å². The van der Waals surface area contributed by atoms with E-state index in [1.54, 1.807) is 0 Å². The summed E-state index contributed by atoms with van der Waals surface area (Å²) in [5.74, 6) is 0.345. The SMILES string of the molecule is CC(CC=O)CCO. The van der Waals surface area contributed by atoms with Crippen LogP contribution in [0.3, 0.4) is 0 Å². The lowest BCUT2D eigenvalue weighted by Gasteiger charge is -2.01. The van der Waals surface area contributed by atoms with Gasteiger partial charge in [0, 0.05) is 13.0 Å². The van der Waals surface area contributed by atoms with Crippen molar-refractivity contribution in [1.29, 1.82) is 0 Å². The second-order valence-electron chi connectivity index (χ2n) is 2.02. The number of aliphatic hydroxyl groups excluding tert-OH is 1. The van der Waals surface area contributed by atoms with E-state index in [2.05, 4.69) is 0 Å². The van der Waals surface area contributed by atoms with E-state index >= 15 is 0 Å². The Morgan fingerprint density at radius 1 is 1.75 bits per heavy atom. The lowest BCUT2D eigenvalue weighted by atomic mass is 10.1. The highest BCUT2D eigenvalue weighted by molar-refractivity contribution is 5.49. The van der Waals surface area contributed by atoms with Crippen LogP contribution >= 0.6 is 0 Å². The van der Waals surface area contributed by atoms with Gasteiger partial charge in [0.2, 0.25) is 0 Å². The Labute approximate surface area is 49.5 Å². The fourth-order valence-corrected chi connectivity index (χ4v) is 0.503. The molecule has 48 valence electrons. The van der Waals surface area contributed by atoms with E-state index in [-0.39, 0.29) is 6.61 Å². The monoisotopic (exact) mass is 116 g/mol. The first-order valence-electron chi connectivity index (χ1n) is 2.85. The second kappa shape index (κ2) is 4.78. The lowest BCUT2D eigenvalue weighted by molar-refractivity contribution is -0.108. The zero-order valence-electron chi connectivity index (χ0n) is 5.13.